The average Bonchev–Trinajstić information content (AvgIpc) is 2.41. The Labute approximate surface area is 141 Å². The number of para-hydroxylation sites is 1. The minimum Gasteiger partial charge on any atom is -0.324 e. The Morgan fingerprint density at radius 3 is 2.71 bits per heavy atom. The first-order valence-electron chi connectivity index (χ1n) is 6.76. The molecule has 1 aromatic rings. The summed E-state index contributed by atoms with van der Waals surface area (Å²) in [6.07, 6.45) is 0.439. The van der Waals surface area contributed by atoms with Crippen LogP contribution in [0, 0.1) is 0 Å². The minimum absolute atomic E-state index is 0. The summed E-state index contributed by atoms with van der Waals surface area (Å²) >= 11 is 12.0. The van der Waals surface area contributed by atoms with Crippen LogP contribution in [0.5, 0.6) is 0 Å². The van der Waals surface area contributed by atoms with Gasteiger partial charge in [-0.1, -0.05) is 29.3 Å². The highest BCUT2D eigenvalue weighted by atomic mass is 35.5. The van der Waals surface area contributed by atoms with Crippen LogP contribution >= 0.6 is 35.6 Å². The van der Waals surface area contributed by atoms with E-state index in [2.05, 4.69) is 22.5 Å². The molecule has 21 heavy (non-hydrogen) atoms. The molecule has 4 nitrogen and oxygen atoms in total. The lowest BCUT2D eigenvalue weighted by Crippen LogP contribution is -2.49. The molecule has 2 rings (SSSR count). The predicted octanol–water partition coefficient (Wildman–Crippen LogP) is 3.04. The van der Waals surface area contributed by atoms with Gasteiger partial charge in [0.15, 0.2) is 0 Å². The van der Waals surface area contributed by atoms with Gasteiger partial charge in [0, 0.05) is 38.6 Å². The first-order chi connectivity index (χ1) is 9.56. The molecule has 0 spiro atoms. The lowest BCUT2D eigenvalue weighted by atomic mass is 10.2. The summed E-state index contributed by atoms with van der Waals surface area (Å²) in [5.41, 5.74) is 0.495. The number of hydrogen-bond donors (Lipinski definition) is 2. The molecule has 1 fully saturated rings. The number of carbonyl (C=O) groups excluding carboxylic acids is 1. The Hall–Kier alpha value is -0.520. The zero-order valence-corrected chi connectivity index (χ0v) is 14.2. The zero-order chi connectivity index (χ0) is 14.5. The van der Waals surface area contributed by atoms with Gasteiger partial charge in [0.05, 0.1) is 15.7 Å². The van der Waals surface area contributed by atoms with E-state index in [1.54, 1.807) is 18.2 Å². The van der Waals surface area contributed by atoms with Crippen molar-refractivity contribution in [3.05, 3.63) is 28.2 Å². The molecule has 1 atom stereocenters. The fraction of sp³-hybridized carbons (Fsp3) is 0.500. The molecule has 1 aliphatic rings. The van der Waals surface area contributed by atoms with E-state index in [9.17, 15) is 4.79 Å². The molecule has 1 unspecified atom stereocenters. The third-order valence-corrected chi connectivity index (χ3v) is 3.97. The molecule has 118 valence electrons. The van der Waals surface area contributed by atoms with Gasteiger partial charge in [-0.15, -0.1) is 12.4 Å². The van der Waals surface area contributed by atoms with Crippen molar-refractivity contribution in [2.24, 2.45) is 0 Å². The maximum atomic E-state index is 12.0. The first kappa shape index (κ1) is 18.5. The molecular formula is C14H20Cl3N3O. The van der Waals surface area contributed by atoms with Crippen LogP contribution in [0.4, 0.5) is 5.69 Å². The number of anilines is 1. The standard InChI is InChI=1S/C14H19Cl2N3O.ClH/c1-10-9-19(8-6-17-10)7-5-13(20)18-14-11(15)3-2-4-12(14)16;/h2-4,10,17H,5-9H2,1H3,(H,18,20);1H. The maximum Gasteiger partial charge on any atom is 0.225 e. The van der Waals surface area contributed by atoms with Crippen molar-refractivity contribution in [2.75, 3.05) is 31.5 Å². The highest BCUT2D eigenvalue weighted by Gasteiger charge is 2.16. The number of nitrogens with one attached hydrogen (secondary N) is 2. The topological polar surface area (TPSA) is 44.4 Å². The van der Waals surface area contributed by atoms with E-state index in [0.717, 1.165) is 26.2 Å². The molecule has 0 aliphatic carbocycles. The van der Waals surface area contributed by atoms with Crippen LogP contribution in [0.3, 0.4) is 0 Å². The van der Waals surface area contributed by atoms with E-state index < -0.39 is 0 Å². The van der Waals surface area contributed by atoms with Crippen LogP contribution in [-0.2, 0) is 4.79 Å². The highest BCUT2D eigenvalue weighted by molar-refractivity contribution is 6.39. The van der Waals surface area contributed by atoms with Gasteiger partial charge < -0.3 is 15.5 Å². The number of amides is 1. The summed E-state index contributed by atoms with van der Waals surface area (Å²) in [7, 11) is 0. The number of halogens is 3. The van der Waals surface area contributed by atoms with Crippen molar-refractivity contribution in [2.45, 2.75) is 19.4 Å². The van der Waals surface area contributed by atoms with Crippen LogP contribution in [0.15, 0.2) is 18.2 Å². The molecule has 1 aliphatic heterocycles. The maximum absolute atomic E-state index is 12.0. The van der Waals surface area contributed by atoms with Crippen LogP contribution in [0.2, 0.25) is 10.0 Å². The van der Waals surface area contributed by atoms with Gasteiger partial charge in [-0.3, -0.25) is 4.79 Å². The van der Waals surface area contributed by atoms with Gasteiger partial charge >= 0.3 is 0 Å². The van der Waals surface area contributed by atoms with Gasteiger partial charge in [0.2, 0.25) is 5.91 Å². The summed E-state index contributed by atoms with van der Waals surface area (Å²) in [5.74, 6) is -0.0637. The molecule has 1 saturated heterocycles. The molecular weight excluding hydrogens is 333 g/mol. The Bertz CT molecular complexity index is 464. The van der Waals surface area contributed by atoms with E-state index in [1.807, 2.05) is 0 Å². The van der Waals surface area contributed by atoms with Gasteiger partial charge in [0.1, 0.15) is 0 Å². The zero-order valence-electron chi connectivity index (χ0n) is 11.9. The fourth-order valence-corrected chi connectivity index (χ4v) is 2.79. The van der Waals surface area contributed by atoms with Crippen molar-refractivity contribution in [1.82, 2.24) is 10.2 Å². The summed E-state index contributed by atoms with van der Waals surface area (Å²) in [5, 5.41) is 7.08. The molecule has 0 radical (unpaired) electrons. The molecule has 1 aromatic carbocycles. The van der Waals surface area contributed by atoms with Crippen molar-refractivity contribution >= 4 is 47.2 Å². The summed E-state index contributed by atoms with van der Waals surface area (Å²) in [4.78, 5) is 14.3. The number of rotatable bonds is 4. The van der Waals surface area contributed by atoms with Gasteiger partial charge in [0.25, 0.3) is 0 Å². The van der Waals surface area contributed by atoms with Crippen LogP contribution in [-0.4, -0.2) is 43.0 Å². The van der Waals surface area contributed by atoms with Gasteiger partial charge in [-0.05, 0) is 19.1 Å². The van der Waals surface area contributed by atoms with E-state index in [1.165, 1.54) is 0 Å². The van der Waals surface area contributed by atoms with E-state index in [4.69, 9.17) is 23.2 Å². The lowest BCUT2D eigenvalue weighted by molar-refractivity contribution is -0.116. The molecule has 0 bridgehead atoms. The largest absolute Gasteiger partial charge is 0.324 e. The molecule has 1 amide bonds. The van der Waals surface area contributed by atoms with Crippen molar-refractivity contribution in [3.63, 3.8) is 0 Å². The van der Waals surface area contributed by atoms with Gasteiger partial charge in [-0.2, -0.15) is 0 Å². The molecule has 7 heteroatoms. The second kappa shape index (κ2) is 8.81. The number of carbonyl (C=O) groups is 1. The fourth-order valence-electron chi connectivity index (χ4n) is 2.29. The smallest absolute Gasteiger partial charge is 0.225 e. The number of nitrogens with zero attached hydrogens (tertiary/aromatic N) is 1. The number of hydrogen-bond acceptors (Lipinski definition) is 3. The Kier molecular flexibility index (Phi) is 7.77. The second-order valence-electron chi connectivity index (χ2n) is 5.05. The summed E-state index contributed by atoms with van der Waals surface area (Å²) in [6.45, 7) is 5.82. The summed E-state index contributed by atoms with van der Waals surface area (Å²) < 4.78 is 0. The van der Waals surface area contributed by atoms with E-state index in [-0.39, 0.29) is 18.3 Å². The van der Waals surface area contributed by atoms with E-state index >= 15 is 0 Å². The van der Waals surface area contributed by atoms with Crippen molar-refractivity contribution in [1.29, 1.82) is 0 Å². The quantitative estimate of drug-likeness (QED) is 0.875. The highest BCUT2D eigenvalue weighted by Crippen LogP contribution is 2.29. The lowest BCUT2D eigenvalue weighted by Gasteiger charge is -2.31. The molecule has 0 aromatic heterocycles. The average molecular weight is 353 g/mol. The minimum atomic E-state index is -0.0637. The molecule has 2 N–H and O–H groups in total. The van der Waals surface area contributed by atoms with Crippen LogP contribution in [0.1, 0.15) is 13.3 Å². The van der Waals surface area contributed by atoms with E-state index in [0.29, 0.717) is 28.2 Å². The number of benzene rings is 1. The Morgan fingerprint density at radius 1 is 1.43 bits per heavy atom. The van der Waals surface area contributed by atoms with Gasteiger partial charge in [-0.25, -0.2) is 0 Å². The van der Waals surface area contributed by atoms with Crippen molar-refractivity contribution in [3.8, 4) is 0 Å². The van der Waals surface area contributed by atoms with Crippen LogP contribution < -0.4 is 10.6 Å². The first-order valence-corrected chi connectivity index (χ1v) is 7.51. The van der Waals surface area contributed by atoms with Crippen LogP contribution in [0.25, 0.3) is 0 Å². The summed E-state index contributed by atoms with van der Waals surface area (Å²) in [6, 6.07) is 5.65. The molecule has 0 saturated carbocycles. The third kappa shape index (κ3) is 5.64. The molecule has 1 heterocycles. The monoisotopic (exact) mass is 351 g/mol. The SMILES string of the molecule is CC1CN(CCC(=O)Nc2c(Cl)cccc2Cl)CCN1.Cl. The Balaban J connectivity index is 0.00000220. The normalized spacial score (nSPS) is 18.9. The predicted molar refractivity (Wildman–Crippen MR) is 90.9 cm³/mol. The second-order valence-corrected chi connectivity index (χ2v) is 5.87. The Morgan fingerprint density at radius 2 is 2.10 bits per heavy atom. The van der Waals surface area contributed by atoms with Crippen molar-refractivity contribution < 1.29 is 4.79 Å². The third-order valence-electron chi connectivity index (χ3n) is 3.34. The number of piperazine rings is 1.